The van der Waals surface area contributed by atoms with Crippen molar-refractivity contribution in [3.8, 4) is 0 Å². The fourth-order valence-corrected chi connectivity index (χ4v) is 5.24. The zero-order chi connectivity index (χ0) is 17.5. The Morgan fingerprint density at radius 1 is 0.923 bits per heavy atom. The predicted molar refractivity (Wildman–Crippen MR) is 104 cm³/mol. The number of nitrogens with one attached hydrogen (secondary N) is 1. The first-order chi connectivity index (χ1) is 12.8. The van der Waals surface area contributed by atoms with Crippen molar-refractivity contribution in [2.45, 2.75) is 25.2 Å². The van der Waals surface area contributed by atoms with Gasteiger partial charge in [-0.05, 0) is 54.7 Å². The van der Waals surface area contributed by atoms with Crippen molar-refractivity contribution in [1.82, 2.24) is 4.98 Å². The second-order valence-corrected chi connectivity index (χ2v) is 7.67. The third-order valence-corrected chi connectivity index (χ3v) is 6.29. The van der Waals surface area contributed by atoms with E-state index in [1.54, 1.807) is 6.20 Å². The molecule has 1 heterocycles. The van der Waals surface area contributed by atoms with Crippen LogP contribution in [0, 0.1) is 17.8 Å². The van der Waals surface area contributed by atoms with E-state index < -0.39 is 0 Å². The van der Waals surface area contributed by atoms with Crippen LogP contribution in [0.3, 0.4) is 0 Å². The van der Waals surface area contributed by atoms with Gasteiger partial charge in [0.1, 0.15) is 0 Å². The molecule has 3 heteroatoms. The van der Waals surface area contributed by atoms with Crippen molar-refractivity contribution >= 4 is 22.5 Å². The van der Waals surface area contributed by atoms with Crippen LogP contribution >= 0.6 is 0 Å². The van der Waals surface area contributed by atoms with Gasteiger partial charge < -0.3 is 5.32 Å². The Bertz CT molecular complexity index is 947. The number of fused-ring (bicyclic) bond motifs is 3. The molecule has 2 bridgehead atoms. The number of aromatic nitrogens is 1. The molecule has 1 N–H and O–H groups in total. The topological polar surface area (TPSA) is 42.0 Å². The zero-order valence-corrected chi connectivity index (χ0v) is 14.6. The van der Waals surface area contributed by atoms with E-state index in [0.717, 1.165) is 16.6 Å². The fraction of sp³-hybridized carbons (Fsp3) is 0.304. The Morgan fingerprint density at radius 3 is 2.62 bits per heavy atom. The molecule has 2 aliphatic carbocycles. The van der Waals surface area contributed by atoms with E-state index in [0.29, 0.717) is 17.8 Å². The molecule has 1 amide bonds. The number of carbonyl (C=O) groups excluding carboxylic acids is 1. The van der Waals surface area contributed by atoms with Gasteiger partial charge >= 0.3 is 0 Å². The van der Waals surface area contributed by atoms with Crippen molar-refractivity contribution in [2.75, 3.05) is 5.32 Å². The average molecular weight is 342 g/mol. The number of hydrogen-bond acceptors (Lipinski definition) is 2. The molecule has 3 nitrogen and oxygen atoms in total. The van der Waals surface area contributed by atoms with E-state index in [1.165, 1.54) is 24.8 Å². The highest BCUT2D eigenvalue weighted by molar-refractivity contribution is 6.01. The van der Waals surface area contributed by atoms with Crippen LogP contribution in [0.4, 0.5) is 5.69 Å². The molecule has 4 atom stereocenters. The van der Waals surface area contributed by atoms with Crippen molar-refractivity contribution in [2.24, 2.45) is 17.8 Å². The smallest absolute Gasteiger partial charge is 0.228 e. The van der Waals surface area contributed by atoms with E-state index in [9.17, 15) is 4.79 Å². The minimum absolute atomic E-state index is 0.0649. The molecule has 0 saturated heterocycles. The summed E-state index contributed by atoms with van der Waals surface area (Å²) >= 11 is 0. The number of nitrogens with zero attached hydrogens (tertiary/aromatic N) is 1. The number of para-hydroxylation sites is 1. The van der Waals surface area contributed by atoms with Crippen LogP contribution in [0.2, 0.25) is 0 Å². The lowest BCUT2D eigenvalue weighted by Crippen LogP contribution is -2.32. The number of hydrogen-bond donors (Lipinski definition) is 1. The van der Waals surface area contributed by atoms with Gasteiger partial charge in [0.2, 0.25) is 5.91 Å². The number of pyridine rings is 1. The highest BCUT2D eigenvalue weighted by Crippen LogP contribution is 2.56. The highest BCUT2D eigenvalue weighted by atomic mass is 16.1. The monoisotopic (exact) mass is 342 g/mol. The summed E-state index contributed by atoms with van der Waals surface area (Å²) in [5, 5.41) is 4.26. The van der Waals surface area contributed by atoms with Crippen LogP contribution < -0.4 is 5.32 Å². The highest BCUT2D eigenvalue weighted by Gasteiger charge is 2.51. The Labute approximate surface area is 153 Å². The summed E-state index contributed by atoms with van der Waals surface area (Å²) in [6, 6.07) is 20.5. The van der Waals surface area contributed by atoms with Gasteiger partial charge in [-0.1, -0.05) is 48.5 Å². The van der Waals surface area contributed by atoms with Crippen LogP contribution in [-0.2, 0) is 4.79 Å². The van der Waals surface area contributed by atoms with Gasteiger partial charge in [0.15, 0.2) is 0 Å². The van der Waals surface area contributed by atoms with Gasteiger partial charge in [0.25, 0.3) is 0 Å². The van der Waals surface area contributed by atoms with Gasteiger partial charge in [0.05, 0.1) is 11.2 Å². The SMILES string of the molecule is O=C(Nc1cccc2cccnc12)C1C2CCC(C2)C1c1ccccc1. The van der Waals surface area contributed by atoms with Crippen LogP contribution in [0.25, 0.3) is 10.9 Å². The van der Waals surface area contributed by atoms with Gasteiger partial charge in [-0.15, -0.1) is 0 Å². The minimum atomic E-state index is 0.0649. The summed E-state index contributed by atoms with van der Waals surface area (Å²) in [5.74, 6) is 1.72. The van der Waals surface area contributed by atoms with Gasteiger partial charge in [-0.3, -0.25) is 9.78 Å². The molecule has 26 heavy (non-hydrogen) atoms. The minimum Gasteiger partial charge on any atom is -0.324 e. The summed E-state index contributed by atoms with van der Waals surface area (Å²) in [7, 11) is 0. The third kappa shape index (κ3) is 2.50. The van der Waals surface area contributed by atoms with Crippen LogP contribution in [0.5, 0.6) is 0 Å². The first-order valence-electron chi connectivity index (χ1n) is 9.51. The predicted octanol–water partition coefficient (Wildman–Crippen LogP) is 5.00. The number of carbonyl (C=O) groups is 1. The molecule has 0 radical (unpaired) electrons. The summed E-state index contributed by atoms with van der Waals surface area (Å²) in [5.41, 5.74) is 3.00. The van der Waals surface area contributed by atoms with Crippen LogP contribution in [-0.4, -0.2) is 10.9 Å². The molecule has 3 aromatic rings. The van der Waals surface area contributed by atoms with Crippen molar-refractivity contribution in [3.63, 3.8) is 0 Å². The summed E-state index contributed by atoms with van der Waals surface area (Å²) in [6.45, 7) is 0. The Hall–Kier alpha value is -2.68. The fourth-order valence-electron chi connectivity index (χ4n) is 5.24. The molecular weight excluding hydrogens is 320 g/mol. The molecule has 2 saturated carbocycles. The second kappa shape index (κ2) is 6.24. The lowest BCUT2D eigenvalue weighted by atomic mass is 9.75. The largest absolute Gasteiger partial charge is 0.324 e. The zero-order valence-electron chi connectivity index (χ0n) is 14.6. The maximum absolute atomic E-state index is 13.3. The molecule has 0 aliphatic heterocycles. The molecule has 2 fully saturated rings. The second-order valence-electron chi connectivity index (χ2n) is 7.67. The standard InChI is InChI=1S/C23H22N2O/c26-23(25-19-10-4-8-16-9-5-13-24-22(16)19)21-18-12-11-17(14-18)20(21)15-6-2-1-3-7-15/h1-10,13,17-18,20-21H,11-12,14H2,(H,25,26). The maximum Gasteiger partial charge on any atom is 0.228 e. The molecule has 2 aliphatic rings. The van der Waals surface area contributed by atoms with E-state index in [4.69, 9.17) is 0 Å². The van der Waals surface area contributed by atoms with E-state index >= 15 is 0 Å². The molecule has 1 aromatic heterocycles. The molecule has 5 rings (SSSR count). The van der Waals surface area contributed by atoms with E-state index in [2.05, 4.69) is 34.6 Å². The maximum atomic E-state index is 13.3. The van der Waals surface area contributed by atoms with Crippen molar-refractivity contribution in [3.05, 3.63) is 72.4 Å². The first kappa shape index (κ1) is 15.6. The summed E-state index contributed by atoms with van der Waals surface area (Å²) in [4.78, 5) is 17.8. The van der Waals surface area contributed by atoms with Gasteiger partial charge in [-0.2, -0.15) is 0 Å². The summed E-state index contributed by atoms with van der Waals surface area (Å²) < 4.78 is 0. The van der Waals surface area contributed by atoms with E-state index in [-0.39, 0.29) is 11.8 Å². The average Bonchev–Trinajstić information content (AvgIpc) is 3.30. The summed E-state index contributed by atoms with van der Waals surface area (Å²) in [6.07, 6.45) is 5.40. The number of anilines is 1. The first-order valence-corrected chi connectivity index (χ1v) is 9.51. The molecular formula is C23H22N2O. The van der Waals surface area contributed by atoms with E-state index in [1.807, 2.05) is 36.4 Å². The molecule has 130 valence electrons. The van der Waals surface area contributed by atoms with Crippen molar-refractivity contribution in [1.29, 1.82) is 0 Å². The van der Waals surface area contributed by atoms with Crippen LogP contribution in [0.15, 0.2) is 66.9 Å². The van der Waals surface area contributed by atoms with Gasteiger partial charge in [0, 0.05) is 17.5 Å². The number of amides is 1. The normalized spacial score (nSPS) is 26.9. The van der Waals surface area contributed by atoms with Crippen LogP contribution in [0.1, 0.15) is 30.7 Å². The number of benzene rings is 2. The Balaban J connectivity index is 1.47. The lowest BCUT2D eigenvalue weighted by Gasteiger charge is -2.30. The lowest BCUT2D eigenvalue weighted by molar-refractivity contribution is -0.121. The third-order valence-electron chi connectivity index (χ3n) is 6.29. The van der Waals surface area contributed by atoms with Crippen molar-refractivity contribution < 1.29 is 4.79 Å². The Kier molecular flexibility index (Phi) is 3.74. The molecule has 2 aromatic carbocycles. The van der Waals surface area contributed by atoms with Gasteiger partial charge in [-0.25, -0.2) is 0 Å². The molecule has 4 unspecified atom stereocenters. The quantitative estimate of drug-likeness (QED) is 0.727. The Morgan fingerprint density at radius 2 is 1.73 bits per heavy atom. The number of rotatable bonds is 3. The molecule has 0 spiro atoms.